The molecule has 0 aliphatic carbocycles. The summed E-state index contributed by atoms with van der Waals surface area (Å²) in [6.45, 7) is 0. The largest absolute Gasteiger partial charge is 0.207 e. The van der Waals surface area contributed by atoms with Crippen LogP contribution in [0.2, 0.25) is 0 Å². The molecule has 1 nitrogen and oxygen atoms in total. The van der Waals surface area contributed by atoms with Gasteiger partial charge in [0, 0.05) is 5.56 Å². The van der Waals surface area contributed by atoms with Crippen LogP contribution in [0, 0.1) is 5.82 Å². The summed E-state index contributed by atoms with van der Waals surface area (Å²) >= 11 is 1.43. The van der Waals surface area contributed by atoms with Gasteiger partial charge in [-0.1, -0.05) is 42.5 Å². The van der Waals surface area contributed by atoms with Gasteiger partial charge in [0.1, 0.15) is 5.82 Å². The smallest absolute Gasteiger partial charge is 0.123 e. The number of rotatable bonds is 2. The van der Waals surface area contributed by atoms with E-state index >= 15 is 0 Å². The highest BCUT2D eigenvalue weighted by Gasteiger charge is 2.06. The van der Waals surface area contributed by atoms with Gasteiger partial charge in [-0.25, -0.2) is 4.39 Å². The van der Waals surface area contributed by atoms with Crippen molar-refractivity contribution >= 4 is 11.5 Å². The van der Waals surface area contributed by atoms with Crippen LogP contribution in [0.3, 0.4) is 0 Å². The standard InChI is InChI=1S/C15H10FNS/c16-13-8-6-12(7-9-13)15-10-14(17-18-15)11-4-2-1-3-5-11/h1-10H. The molecule has 0 aliphatic rings. The van der Waals surface area contributed by atoms with Gasteiger partial charge < -0.3 is 0 Å². The van der Waals surface area contributed by atoms with E-state index in [0.29, 0.717) is 0 Å². The highest BCUT2D eigenvalue weighted by Crippen LogP contribution is 2.29. The van der Waals surface area contributed by atoms with Gasteiger partial charge in [-0.3, -0.25) is 0 Å². The Kier molecular flexibility index (Phi) is 2.90. The van der Waals surface area contributed by atoms with Gasteiger partial charge in [0.15, 0.2) is 0 Å². The van der Waals surface area contributed by atoms with Gasteiger partial charge in [-0.2, -0.15) is 4.37 Å². The van der Waals surface area contributed by atoms with Gasteiger partial charge in [0.05, 0.1) is 10.6 Å². The second-order valence-electron chi connectivity index (χ2n) is 3.95. The number of halogens is 1. The second kappa shape index (κ2) is 4.70. The number of hydrogen-bond donors (Lipinski definition) is 0. The van der Waals surface area contributed by atoms with Crippen LogP contribution in [-0.4, -0.2) is 4.37 Å². The molecule has 0 saturated heterocycles. The van der Waals surface area contributed by atoms with Crippen molar-refractivity contribution in [2.24, 2.45) is 0 Å². The molecule has 0 N–H and O–H groups in total. The van der Waals surface area contributed by atoms with Crippen LogP contribution in [0.1, 0.15) is 0 Å². The molecule has 1 aromatic heterocycles. The molecule has 0 fully saturated rings. The van der Waals surface area contributed by atoms with Gasteiger partial charge in [0.25, 0.3) is 0 Å². The Morgan fingerprint density at radius 2 is 1.56 bits per heavy atom. The van der Waals surface area contributed by atoms with Crippen molar-refractivity contribution in [3.8, 4) is 21.7 Å². The van der Waals surface area contributed by atoms with E-state index in [0.717, 1.165) is 21.7 Å². The molecule has 3 rings (SSSR count). The fourth-order valence-electron chi connectivity index (χ4n) is 1.77. The Hall–Kier alpha value is -2.00. The lowest BCUT2D eigenvalue weighted by atomic mass is 10.1. The van der Waals surface area contributed by atoms with Gasteiger partial charge >= 0.3 is 0 Å². The first-order valence-electron chi connectivity index (χ1n) is 5.61. The van der Waals surface area contributed by atoms with Crippen LogP contribution in [0.4, 0.5) is 4.39 Å². The number of nitrogens with zero attached hydrogens (tertiary/aromatic N) is 1. The zero-order valence-corrected chi connectivity index (χ0v) is 10.3. The van der Waals surface area contributed by atoms with E-state index in [1.165, 1.54) is 23.7 Å². The average molecular weight is 255 g/mol. The Labute approximate surface area is 109 Å². The summed E-state index contributed by atoms with van der Waals surface area (Å²) in [6, 6.07) is 18.6. The van der Waals surface area contributed by atoms with E-state index in [1.807, 2.05) is 36.4 Å². The Morgan fingerprint density at radius 3 is 2.28 bits per heavy atom. The van der Waals surface area contributed by atoms with E-state index in [-0.39, 0.29) is 5.82 Å². The fraction of sp³-hybridized carbons (Fsp3) is 0. The van der Waals surface area contributed by atoms with Gasteiger partial charge in [0.2, 0.25) is 0 Å². The minimum Gasteiger partial charge on any atom is -0.207 e. The maximum Gasteiger partial charge on any atom is 0.123 e. The number of hydrogen-bond acceptors (Lipinski definition) is 2. The molecule has 0 bridgehead atoms. The molecule has 0 unspecified atom stereocenters. The monoisotopic (exact) mass is 255 g/mol. The highest BCUT2D eigenvalue weighted by molar-refractivity contribution is 7.09. The summed E-state index contributed by atoms with van der Waals surface area (Å²) in [5.74, 6) is -0.216. The van der Waals surface area contributed by atoms with Gasteiger partial charge in [-0.15, -0.1) is 0 Å². The molecule has 0 atom stereocenters. The molecular formula is C15H10FNS. The predicted molar refractivity (Wildman–Crippen MR) is 72.9 cm³/mol. The SMILES string of the molecule is Fc1ccc(-c2cc(-c3ccccc3)ns2)cc1. The Morgan fingerprint density at radius 1 is 0.833 bits per heavy atom. The Bertz CT molecular complexity index is 644. The number of benzene rings is 2. The first kappa shape index (κ1) is 11.1. The molecule has 0 spiro atoms. The van der Waals surface area contributed by atoms with Crippen molar-refractivity contribution in [3.63, 3.8) is 0 Å². The van der Waals surface area contributed by atoms with E-state index in [2.05, 4.69) is 4.37 Å². The third kappa shape index (κ3) is 2.17. The van der Waals surface area contributed by atoms with Crippen molar-refractivity contribution < 1.29 is 4.39 Å². The first-order valence-corrected chi connectivity index (χ1v) is 6.38. The molecule has 0 aliphatic heterocycles. The molecule has 2 aromatic carbocycles. The van der Waals surface area contributed by atoms with Crippen LogP contribution in [0.15, 0.2) is 60.7 Å². The van der Waals surface area contributed by atoms with Crippen LogP contribution in [-0.2, 0) is 0 Å². The summed E-state index contributed by atoms with van der Waals surface area (Å²) in [7, 11) is 0. The molecule has 0 radical (unpaired) electrons. The fourth-order valence-corrected chi connectivity index (χ4v) is 2.53. The normalized spacial score (nSPS) is 10.5. The maximum atomic E-state index is 12.9. The van der Waals surface area contributed by atoms with Crippen LogP contribution in [0.5, 0.6) is 0 Å². The summed E-state index contributed by atoms with van der Waals surface area (Å²) in [5, 5.41) is 0. The quantitative estimate of drug-likeness (QED) is 0.651. The molecule has 18 heavy (non-hydrogen) atoms. The third-order valence-electron chi connectivity index (χ3n) is 2.71. The zero-order valence-electron chi connectivity index (χ0n) is 9.51. The summed E-state index contributed by atoms with van der Waals surface area (Å²) < 4.78 is 17.3. The van der Waals surface area contributed by atoms with Crippen molar-refractivity contribution in [1.82, 2.24) is 4.37 Å². The molecule has 0 saturated carbocycles. The van der Waals surface area contributed by atoms with Crippen molar-refractivity contribution in [3.05, 3.63) is 66.5 Å². The molecular weight excluding hydrogens is 245 g/mol. The molecule has 3 aromatic rings. The van der Waals surface area contributed by atoms with E-state index in [9.17, 15) is 4.39 Å². The van der Waals surface area contributed by atoms with Crippen LogP contribution >= 0.6 is 11.5 Å². The van der Waals surface area contributed by atoms with Crippen molar-refractivity contribution in [1.29, 1.82) is 0 Å². The second-order valence-corrected chi connectivity index (χ2v) is 4.75. The van der Waals surface area contributed by atoms with E-state index in [1.54, 1.807) is 12.1 Å². The molecule has 88 valence electrons. The zero-order chi connectivity index (χ0) is 12.4. The van der Waals surface area contributed by atoms with E-state index in [4.69, 9.17) is 0 Å². The summed E-state index contributed by atoms with van der Waals surface area (Å²) in [6.07, 6.45) is 0. The molecule has 0 amide bonds. The first-order chi connectivity index (χ1) is 8.83. The minimum atomic E-state index is -0.216. The van der Waals surface area contributed by atoms with Crippen LogP contribution < -0.4 is 0 Å². The molecule has 1 heterocycles. The molecule has 3 heteroatoms. The summed E-state index contributed by atoms with van der Waals surface area (Å²) in [4.78, 5) is 1.05. The summed E-state index contributed by atoms with van der Waals surface area (Å²) in [5.41, 5.74) is 3.05. The Balaban J connectivity index is 1.97. The highest BCUT2D eigenvalue weighted by atomic mass is 32.1. The van der Waals surface area contributed by atoms with Crippen LogP contribution in [0.25, 0.3) is 21.7 Å². The van der Waals surface area contributed by atoms with Gasteiger partial charge in [-0.05, 0) is 35.3 Å². The number of aromatic nitrogens is 1. The lowest BCUT2D eigenvalue weighted by molar-refractivity contribution is 0.628. The van der Waals surface area contributed by atoms with Crippen molar-refractivity contribution in [2.75, 3.05) is 0 Å². The topological polar surface area (TPSA) is 12.9 Å². The lowest BCUT2D eigenvalue weighted by Crippen LogP contribution is -1.75. The predicted octanol–water partition coefficient (Wildman–Crippen LogP) is 4.62. The third-order valence-corrected chi connectivity index (χ3v) is 3.55. The lowest BCUT2D eigenvalue weighted by Gasteiger charge is -1.95. The van der Waals surface area contributed by atoms with E-state index < -0.39 is 0 Å². The maximum absolute atomic E-state index is 12.9. The average Bonchev–Trinajstić information content (AvgIpc) is 2.90. The van der Waals surface area contributed by atoms with Crippen molar-refractivity contribution in [2.45, 2.75) is 0 Å². The minimum absolute atomic E-state index is 0.216.